The maximum Gasteiger partial charge on any atom is 0.271 e. The zero-order chi connectivity index (χ0) is 17.6. The minimum atomic E-state index is -3.60. The van der Waals surface area contributed by atoms with Crippen LogP contribution in [-0.4, -0.2) is 37.9 Å². The van der Waals surface area contributed by atoms with Gasteiger partial charge in [0.2, 0.25) is 10.0 Å². The third kappa shape index (κ3) is 4.28. The van der Waals surface area contributed by atoms with Crippen molar-refractivity contribution in [1.29, 1.82) is 0 Å². The fourth-order valence-electron chi connectivity index (χ4n) is 2.09. The highest BCUT2D eigenvalue weighted by Gasteiger charge is 2.22. The molecule has 2 rings (SSSR count). The fraction of sp³-hybridized carbons (Fsp3) is 0.250. The van der Waals surface area contributed by atoms with Crippen LogP contribution >= 0.6 is 11.3 Å². The standard InChI is InChI=1S/C16H19N3O3S2/c1-3-19(4-2)24(21,22)15-7-5-6-14(10-15)16(20)18-17-11-13-8-9-23-12-13/h5-12H,3-4H2,1-2H3,(H,18,20)/b17-11+. The summed E-state index contributed by atoms with van der Waals surface area (Å²) in [6.45, 7) is 4.30. The monoisotopic (exact) mass is 365 g/mol. The average Bonchev–Trinajstić information content (AvgIpc) is 3.09. The largest absolute Gasteiger partial charge is 0.271 e. The summed E-state index contributed by atoms with van der Waals surface area (Å²) in [4.78, 5) is 12.2. The normalized spacial score (nSPS) is 12.0. The summed E-state index contributed by atoms with van der Waals surface area (Å²) in [6.07, 6.45) is 1.53. The number of carbonyl (C=O) groups is 1. The molecule has 0 bridgehead atoms. The Morgan fingerprint density at radius 1 is 1.29 bits per heavy atom. The van der Waals surface area contributed by atoms with E-state index in [1.54, 1.807) is 26.0 Å². The molecule has 0 fully saturated rings. The van der Waals surface area contributed by atoms with E-state index in [2.05, 4.69) is 10.5 Å². The number of hydrogen-bond donors (Lipinski definition) is 1. The number of nitrogens with one attached hydrogen (secondary N) is 1. The summed E-state index contributed by atoms with van der Waals surface area (Å²) in [7, 11) is -3.60. The van der Waals surface area contributed by atoms with Crippen molar-refractivity contribution in [3.8, 4) is 0 Å². The number of sulfonamides is 1. The zero-order valence-electron chi connectivity index (χ0n) is 13.5. The van der Waals surface area contributed by atoms with E-state index < -0.39 is 15.9 Å². The molecular weight excluding hydrogens is 346 g/mol. The number of rotatable bonds is 7. The second-order valence-electron chi connectivity index (χ2n) is 4.87. The van der Waals surface area contributed by atoms with Gasteiger partial charge in [-0.2, -0.15) is 20.7 Å². The van der Waals surface area contributed by atoms with Gasteiger partial charge < -0.3 is 0 Å². The van der Waals surface area contributed by atoms with Gasteiger partial charge in [0, 0.05) is 24.2 Å². The summed E-state index contributed by atoms with van der Waals surface area (Å²) in [6, 6.07) is 7.82. The lowest BCUT2D eigenvalue weighted by Crippen LogP contribution is -2.30. The highest BCUT2D eigenvalue weighted by Crippen LogP contribution is 2.17. The Balaban J connectivity index is 2.16. The molecule has 0 unspecified atom stereocenters. The van der Waals surface area contributed by atoms with Gasteiger partial charge in [0.1, 0.15) is 0 Å². The molecule has 0 atom stereocenters. The molecule has 1 aromatic heterocycles. The van der Waals surface area contributed by atoms with Gasteiger partial charge in [-0.25, -0.2) is 13.8 Å². The summed E-state index contributed by atoms with van der Waals surface area (Å²) < 4.78 is 26.4. The van der Waals surface area contributed by atoms with Crippen molar-refractivity contribution >= 4 is 33.5 Å². The summed E-state index contributed by atoms with van der Waals surface area (Å²) >= 11 is 1.53. The molecule has 8 heteroatoms. The van der Waals surface area contributed by atoms with E-state index in [9.17, 15) is 13.2 Å². The molecule has 0 radical (unpaired) electrons. The van der Waals surface area contributed by atoms with Crippen LogP contribution in [0.1, 0.15) is 29.8 Å². The van der Waals surface area contributed by atoms with Crippen molar-refractivity contribution in [2.24, 2.45) is 5.10 Å². The van der Waals surface area contributed by atoms with Gasteiger partial charge in [-0.15, -0.1) is 0 Å². The van der Waals surface area contributed by atoms with Gasteiger partial charge in [-0.05, 0) is 35.0 Å². The number of amides is 1. The fourth-order valence-corrected chi connectivity index (χ4v) is 4.20. The second-order valence-corrected chi connectivity index (χ2v) is 7.59. The average molecular weight is 365 g/mol. The molecule has 0 aliphatic heterocycles. The van der Waals surface area contributed by atoms with Crippen LogP contribution in [0, 0.1) is 0 Å². The first kappa shape index (κ1) is 18.3. The third-order valence-corrected chi connectivity index (χ3v) is 6.11. The van der Waals surface area contributed by atoms with Crippen molar-refractivity contribution in [2.75, 3.05) is 13.1 Å². The van der Waals surface area contributed by atoms with Crippen molar-refractivity contribution < 1.29 is 13.2 Å². The van der Waals surface area contributed by atoms with Crippen LogP contribution < -0.4 is 5.43 Å². The number of hydrogen-bond acceptors (Lipinski definition) is 5. The Labute approximate surface area is 145 Å². The number of nitrogens with zero attached hydrogens (tertiary/aromatic N) is 2. The number of thiophene rings is 1. The second kappa shape index (κ2) is 8.18. The van der Waals surface area contributed by atoms with Crippen LogP contribution in [0.25, 0.3) is 0 Å². The smallest absolute Gasteiger partial charge is 0.267 e. The first-order valence-electron chi connectivity index (χ1n) is 7.44. The lowest BCUT2D eigenvalue weighted by molar-refractivity contribution is 0.0955. The summed E-state index contributed by atoms with van der Waals surface area (Å²) in [5.74, 6) is -0.460. The number of hydrazone groups is 1. The van der Waals surface area contributed by atoms with Crippen LogP contribution in [0.4, 0.5) is 0 Å². The molecule has 6 nitrogen and oxygen atoms in total. The molecule has 128 valence electrons. The van der Waals surface area contributed by atoms with Crippen molar-refractivity contribution in [2.45, 2.75) is 18.7 Å². The van der Waals surface area contributed by atoms with Gasteiger partial charge >= 0.3 is 0 Å². The molecule has 1 N–H and O–H groups in total. The van der Waals surface area contributed by atoms with Gasteiger partial charge in [0.15, 0.2) is 0 Å². The molecule has 0 saturated carbocycles. The SMILES string of the molecule is CCN(CC)S(=O)(=O)c1cccc(C(=O)N/N=C/c2ccsc2)c1. The number of benzene rings is 1. The van der Waals surface area contributed by atoms with Crippen LogP contribution in [0.2, 0.25) is 0 Å². The lowest BCUT2D eigenvalue weighted by atomic mass is 10.2. The van der Waals surface area contributed by atoms with Gasteiger partial charge in [0.05, 0.1) is 11.1 Å². The lowest BCUT2D eigenvalue weighted by Gasteiger charge is -2.18. The van der Waals surface area contributed by atoms with Crippen LogP contribution in [0.3, 0.4) is 0 Å². The first-order chi connectivity index (χ1) is 11.5. The Morgan fingerprint density at radius 2 is 2.04 bits per heavy atom. The number of carbonyl (C=O) groups excluding carboxylic acids is 1. The van der Waals surface area contributed by atoms with Crippen molar-refractivity contribution in [3.63, 3.8) is 0 Å². The third-order valence-electron chi connectivity index (χ3n) is 3.36. The molecule has 0 aliphatic carbocycles. The topological polar surface area (TPSA) is 78.8 Å². The minimum absolute atomic E-state index is 0.0978. The van der Waals surface area contributed by atoms with E-state index in [1.165, 1.54) is 34.0 Å². The van der Waals surface area contributed by atoms with Crippen LogP contribution in [0.15, 0.2) is 51.1 Å². The predicted octanol–water partition coefficient (Wildman–Crippen LogP) is 2.54. The highest BCUT2D eigenvalue weighted by atomic mass is 32.2. The van der Waals surface area contributed by atoms with Gasteiger partial charge in [-0.3, -0.25) is 4.79 Å². The Bertz CT molecular complexity index is 811. The van der Waals surface area contributed by atoms with Gasteiger partial charge in [0.25, 0.3) is 5.91 Å². The molecule has 0 aliphatic rings. The van der Waals surface area contributed by atoms with E-state index in [1.807, 2.05) is 16.8 Å². The van der Waals surface area contributed by atoms with E-state index in [-0.39, 0.29) is 10.5 Å². The van der Waals surface area contributed by atoms with E-state index >= 15 is 0 Å². The summed E-state index contributed by atoms with van der Waals surface area (Å²) in [5, 5.41) is 7.67. The van der Waals surface area contributed by atoms with Gasteiger partial charge in [-0.1, -0.05) is 19.9 Å². The molecule has 2 aromatic rings. The Hall–Kier alpha value is -2.03. The molecule has 0 saturated heterocycles. The Morgan fingerprint density at radius 3 is 2.67 bits per heavy atom. The molecule has 1 aromatic carbocycles. The highest BCUT2D eigenvalue weighted by molar-refractivity contribution is 7.89. The van der Waals surface area contributed by atoms with Crippen molar-refractivity contribution in [3.05, 3.63) is 52.2 Å². The van der Waals surface area contributed by atoms with E-state index in [4.69, 9.17) is 0 Å². The quantitative estimate of drug-likeness (QED) is 0.605. The van der Waals surface area contributed by atoms with E-state index in [0.717, 1.165) is 5.56 Å². The summed E-state index contributed by atoms with van der Waals surface area (Å²) in [5.41, 5.74) is 3.53. The van der Waals surface area contributed by atoms with Crippen LogP contribution in [-0.2, 0) is 10.0 Å². The maximum absolute atomic E-state index is 12.5. The minimum Gasteiger partial charge on any atom is -0.267 e. The zero-order valence-corrected chi connectivity index (χ0v) is 15.1. The maximum atomic E-state index is 12.5. The first-order valence-corrected chi connectivity index (χ1v) is 9.83. The predicted molar refractivity (Wildman–Crippen MR) is 95.9 cm³/mol. The van der Waals surface area contributed by atoms with Crippen LogP contribution in [0.5, 0.6) is 0 Å². The van der Waals surface area contributed by atoms with Crippen molar-refractivity contribution in [1.82, 2.24) is 9.73 Å². The molecule has 24 heavy (non-hydrogen) atoms. The molecular formula is C16H19N3O3S2. The molecule has 1 amide bonds. The molecule has 1 heterocycles. The molecule has 0 spiro atoms. The van der Waals surface area contributed by atoms with E-state index in [0.29, 0.717) is 13.1 Å². The Kier molecular flexibility index (Phi) is 6.24.